The Kier molecular flexibility index (Phi) is 8.50. The third kappa shape index (κ3) is 6.50. The van der Waals surface area contributed by atoms with Crippen molar-refractivity contribution >= 4 is 68.3 Å². The van der Waals surface area contributed by atoms with E-state index in [1.807, 2.05) is 97.9 Å². The molecule has 0 atom stereocenters. The van der Waals surface area contributed by atoms with Crippen LogP contribution in [0.1, 0.15) is 18.1 Å². The molecule has 0 aromatic heterocycles. The predicted octanol–water partition coefficient (Wildman–Crippen LogP) is 13.2. The molecular weight excluding hydrogens is 595 g/mol. The molecule has 0 unspecified atom stereocenters. The molecule has 0 amide bonds. The van der Waals surface area contributed by atoms with Gasteiger partial charge >= 0.3 is 0 Å². The highest BCUT2D eigenvalue weighted by Gasteiger charge is 2.08. The van der Waals surface area contributed by atoms with Crippen molar-refractivity contribution in [2.75, 3.05) is 0 Å². The lowest BCUT2D eigenvalue weighted by molar-refractivity contribution is 1.23. The minimum atomic E-state index is 0.776. The van der Waals surface area contributed by atoms with Crippen molar-refractivity contribution in [3.63, 3.8) is 0 Å². The highest BCUT2D eigenvalue weighted by molar-refractivity contribution is 7.80. The van der Waals surface area contributed by atoms with E-state index in [-0.39, 0.29) is 0 Å². The Bertz CT molecular complexity index is 2320. The molecule has 0 fully saturated rings. The molecule has 7 aromatic carbocycles. The fourth-order valence-corrected chi connectivity index (χ4v) is 5.82. The van der Waals surface area contributed by atoms with Gasteiger partial charge in [0.1, 0.15) is 0 Å². The van der Waals surface area contributed by atoms with Crippen LogP contribution in [-0.4, -0.2) is 5.71 Å². The minimum absolute atomic E-state index is 0.776. The molecule has 0 heterocycles. The van der Waals surface area contributed by atoms with Crippen LogP contribution in [0.5, 0.6) is 0 Å². The second-order valence-electron chi connectivity index (χ2n) is 11.3. The Morgan fingerprint density at radius 3 is 1.51 bits per heavy atom. The number of fused-ring (bicyclic) bond motifs is 2. The van der Waals surface area contributed by atoms with Crippen molar-refractivity contribution in [3.05, 3.63) is 157 Å². The number of thiol groups is 1. The van der Waals surface area contributed by atoms with Crippen molar-refractivity contribution in [2.24, 2.45) is 25.4 Å². The Morgan fingerprint density at radius 2 is 0.915 bits per heavy atom. The lowest BCUT2D eigenvalue weighted by Gasteiger charge is -2.07. The molecule has 0 radical (unpaired) electrons. The van der Waals surface area contributed by atoms with Gasteiger partial charge in [0.2, 0.25) is 0 Å². The van der Waals surface area contributed by atoms with Gasteiger partial charge in [0.15, 0.2) is 0 Å². The molecular formula is C41H31N5S. The van der Waals surface area contributed by atoms with Gasteiger partial charge < -0.3 is 0 Å². The molecule has 0 aliphatic carbocycles. The van der Waals surface area contributed by atoms with Crippen LogP contribution in [0.3, 0.4) is 0 Å². The van der Waals surface area contributed by atoms with E-state index in [2.05, 4.69) is 94.6 Å². The first-order valence-corrected chi connectivity index (χ1v) is 15.9. The summed E-state index contributed by atoms with van der Waals surface area (Å²) in [6, 6.07) is 48.8. The van der Waals surface area contributed by atoms with Crippen LogP contribution in [0, 0.1) is 6.92 Å². The SMILES string of the molecule is CC(=Nc1ccccc1S)c1ccc(-c2ccc(N=Nc3ccc(N=Nc4ccc(C)c5ccccc45)c4ccccc34)cc2)cc1. The van der Waals surface area contributed by atoms with Crippen molar-refractivity contribution in [2.45, 2.75) is 18.7 Å². The summed E-state index contributed by atoms with van der Waals surface area (Å²) in [5, 5.41) is 22.7. The number of nitrogens with zero attached hydrogens (tertiary/aromatic N) is 5. The maximum absolute atomic E-state index is 4.75. The molecule has 0 N–H and O–H groups in total. The Balaban J connectivity index is 1.09. The van der Waals surface area contributed by atoms with Gasteiger partial charge in [-0.2, -0.15) is 5.11 Å². The molecule has 6 heteroatoms. The van der Waals surface area contributed by atoms with Crippen molar-refractivity contribution in [1.29, 1.82) is 0 Å². The number of rotatable bonds is 7. The molecule has 47 heavy (non-hydrogen) atoms. The van der Waals surface area contributed by atoms with Crippen molar-refractivity contribution in [1.82, 2.24) is 0 Å². The second-order valence-corrected chi connectivity index (χ2v) is 11.8. The van der Waals surface area contributed by atoms with Gasteiger partial charge in [-0.15, -0.1) is 28.0 Å². The van der Waals surface area contributed by atoms with Crippen LogP contribution in [0.25, 0.3) is 32.7 Å². The third-order valence-electron chi connectivity index (χ3n) is 8.21. The van der Waals surface area contributed by atoms with E-state index in [0.717, 1.165) is 71.9 Å². The van der Waals surface area contributed by atoms with Gasteiger partial charge in [-0.3, -0.25) is 4.99 Å². The molecule has 0 bridgehead atoms. The fraction of sp³-hybridized carbons (Fsp3) is 0.0488. The number of hydrogen-bond donors (Lipinski definition) is 1. The van der Waals surface area contributed by atoms with Gasteiger partial charge in [-0.1, -0.05) is 103 Å². The topological polar surface area (TPSA) is 61.8 Å². The first-order valence-electron chi connectivity index (χ1n) is 15.4. The first-order chi connectivity index (χ1) is 23.0. The summed E-state index contributed by atoms with van der Waals surface area (Å²) in [6.07, 6.45) is 0. The van der Waals surface area contributed by atoms with E-state index >= 15 is 0 Å². The van der Waals surface area contributed by atoms with Gasteiger partial charge in [0, 0.05) is 26.8 Å². The van der Waals surface area contributed by atoms with Crippen LogP contribution in [0.2, 0.25) is 0 Å². The molecule has 0 aliphatic heterocycles. The number of aliphatic imine (C=N–C) groups is 1. The first kappa shape index (κ1) is 30.0. The Labute approximate surface area is 279 Å². The predicted molar refractivity (Wildman–Crippen MR) is 198 cm³/mol. The van der Waals surface area contributed by atoms with Crippen molar-refractivity contribution < 1.29 is 0 Å². The Hall–Kier alpha value is -5.72. The third-order valence-corrected chi connectivity index (χ3v) is 8.59. The maximum atomic E-state index is 4.75. The molecule has 0 saturated carbocycles. The molecule has 0 spiro atoms. The molecule has 0 saturated heterocycles. The smallest absolute Gasteiger partial charge is 0.0936 e. The molecule has 0 aliphatic rings. The minimum Gasteiger partial charge on any atom is -0.252 e. The van der Waals surface area contributed by atoms with E-state index in [1.165, 1.54) is 10.9 Å². The summed E-state index contributed by atoms with van der Waals surface area (Å²) in [6.45, 7) is 4.13. The molecule has 7 rings (SSSR count). The number of para-hydroxylation sites is 1. The zero-order chi connectivity index (χ0) is 32.2. The van der Waals surface area contributed by atoms with E-state index in [9.17, 15) is 0 Å². The summed E-state index contributed by atoms with van der Waals surface area (Å²) in [4.78, 5) is 5.61. The van der Waals surface area contributed by atoms with Crippen LogP contribution in [-0.2, 0) is 0 Å². The number of benzene rings is 7. The van der Waals surface area contributed by atoms with E-state index < -0.39 is 0 Å². The second kappa shape index (κ2) is 13.3. The van der Waals surface area contributed by atoms with E-state index in [4.69, 9.17) is 4.99 Å². The highest BCUT2D eigenvalue weighted by atomic mass is 32.1. The van der Waals surface area contributed by atoms with Gasteiger partial charge in [0.05, 0.1) is 28.4 Å². The van der Waals surface area contributed by atoms with Crippen LogP contribution in [0.4, 0.5) is 28.4 Å². The number of azo groups is 2. The van der Waals surface area contributed by atoms with Gasteiger partial charge in [-0.05, 0) is 84.0 Å². The summed E-state index contributed by atoms with van der Waals surface area (Å²) in [5.74, 6) is 0. The standard InChI is InChI=1S/C41H31N5S/c1-27-15-24-37(34-10-4-3-9-33(27)34)45-46-39-26-25-38(35-11-5-6-12-36(35)39)44-43-32-22-20-31(21-23-32)30-18-16-29(17-19-30)28(2)42-40-13-7-8-14-41(40)47/h3-26,47H,1-2H3. The fourth-order valence-electron chi connectivity index (χ4n) is 5.61. The summed E-state index contributed by atoms with van der Waals surface area (Å²) in [7, 11) is 0. The van der Waals surface area contributed by atoms with E-state index in [1.54, 1.807) is 0 Å². The zero-order valence-electron chi connectivity index (χ0n) is 26.0. The number of aryl methyl sites for hydroxylation is 1. The average molecular weight is 626 g/mol. The maximum Gasteiger partial charge on any atom is 0.0936 e. The summed E-state index contributed by atoms with van der Waals surface area (Å²) < 4.78 is 0. The van der Waals surface area contributed by atoms with Gasteiger partial charge in [0.25, 0.3) is 0 Å². The summed E-state index contributed by atoms with van der Waals surface area (Å²) >= 11 is 4.51. The molecule has 7 aromatic rings. The quantitative estimate of drug-likeness (QED) is 0.104. The van der Waals surface area contributed by atoms with Gasteiger partial charge in [-0.25, -0.2) is 0 Å². The zero-order valence-corrected chi connectivity index (χ0v) is 26.9. The monoisotopic (exact) mass is 625 g/mol. The van der Waals surface area contributed by atoms with Crippen LogP contribution in [0.15, 0.2) is 176 Å². The Morgan fingerprint density at radius 1 is 0.447 bits per heavy atom. The normalized spacial score (nSPS) is 12.1. The van der Waals surface area contributed by atoms with E-state index in [0.29, 0.717) is 0 Å². The molecule has 5 nitrogen and oxygen atoms in total. The van der Waals surface area contributed by atoms with Crippen LogP contribution < -0.4 is 0 Å². The molecule has 226 valence electrons. The number of hydrogen-bond acceptors (Lipinski definition) is 6. The van der Waals surface area contributed by atoms with Crippen LogP contribution >= 0.6 is 12.6 Å². The average Bonchev–Trinajstić information content (AvgIpc) is 3.12. The lowest BCUT2D eigenvalue weighted by Crippen LogP contribution is -1.94. The highest BCUT2D eigenvalue weighted by Crippen LogP contribution is 2.36. The lowest BCUT2D eigenvalue weighted by atomic mass is 10.0. The summed E-state index contributed by atoms with van der Waals surface area (Å²) in [5.41, 5.74) is 9.50. The van der Waals surface area contributed by atoms with Crippen molar-refractivity contribution in [3.8, 4) is 11.1 Å². The largest absolute Gasteiger partial charge is 0.252 e.